The minimum atomic E-state index is -0.243. The molecule has 0 spiro atoms. The monoisotopic (exact) mass is 435 g/mol. The van der Waals surface area contributed by atoms with Crippen LogP contribution in [0.15, 0.2) is 65.8 Å². The summed E-state index contributed by atoms with van der Waals surface area (Å²) in [7, 11) is 0. The molecule has 1 aliphatic rings. The largest absolute Gasteiger partial charge is 0.341 e. The van der Waals surface area contributed by atoms with Gasteiger partial charge in [-0.2, -0.15) is 0 Å². The number of nitrogens with one attached hydrogen (secondary N) is 2. The molecule has 1 aliphatic heterocycles. The van der Waals surface area contributed by atoms with Crippen LogP contribution >= 0.6 is 11.8 Å². The fourth-order valence-electron chi connectivity index (χ4n) is 3.54. The van der Waals surface area contributed by atoms with Crippen molar-refractivity contribution in [2.24, 2.45) is 5.73 Å². The van der Waals surface area contributed by atoms with E-state index in [9.17, 15) is 4.39 Å². The molecule has 0 unspecified atom stereocenters. The average Bonchev–Trinajstić information content (AvgIpc) is 3.23. The molecule has 0 saturated carbocycles. The second-order valence-electron chi connectivity index (χ2n) is 7.34. The molecule has 0 radical (unpaired) electrons. The minimum Gasteiger partial charge on any atom is -0.341 e. The van der Waals surface area contributed by atoms with Crippen LogP contribution in [0.3, 0.4) is 0 Å². The summed E-state index contributed by atoms with van der Waals surface area (Å²) < 4.78 is 13.3. The Hall–Kier alpha value is -2.74. The number of aromatic amines is 1. The highest BCUT2D eigenvalue weighted by molar-refractivity contribution is 7.99. The number of aryl methyl sites for hydroxylation is 1. The lowest BCUT2D eigenvalue weighted by molar-refractivity contribution is 0.615. The number of imidazole rings is 1. The second kappa shape index (κ2) is 10.5. The van der Waals surface area contributed by atoms with Gasteiger partial charge in [0.25, 0.3) is 0 Å². The lowest BCUT2D eigenvalue weighted by Gasteiger charge is -2.11. The molecule has 0 amide bonds. The first kappa shape index (κ1) is 21.5. The van der Waals surface area contributed by atoms with Crippen LogP contribution in [-0.4, -0.2) is 20.7 Å². The summed E-state index contributed by atoms with van der Waals surface area (Å²) in [6.07, 6.45) is 4.40. The molecule has 160 valence electrons. The third-order valence-corrected chi connectivity index (χ3v) is 6.25. The third kappa shape index (κ3) is 5.70. The first-order valence-electron chi connectivity index (χ1n) is 10.4. The number of fused-ring (bicyclic) bond motifs is 2. The summed E-state index contributed by atoms with van der Waals surface area (Å²) in [5.41, 5.74) is 10.9. The zero-order chi connectivity index (χ0) is 21.5. The molecule has 5 nitrogen and oxygen atoms in total. The quantitative estimate of drug-likeness (QED) is 0.428. The Bertz CT molecular complexity index is 1090. The van der Waals surface area contributed by atoms with Crippen LogP contribution in [0.1, 0.15) is 28.9 Å². The molecule has 7 heteroatoms. The van der Waals surface area contributed by atoms with E-state index in [4.69, 9.17) is 5.73 Å². The highest BCUT2D eigenvalue weighted by Gasteiger charge is 2.08. The highest BCUT2D eigenvalue weighted by Crippen LogP contribution is 2.26. The Labute approximate surface area is 185 Å². The molecular formula is C24H26FN5S. The molecule has 0 bridgehead atoms. The molecule has 0 aliphatic carbocycles. The van der Waals surface area contributed by atoms with Crippen LogP contribution in [0.4, 0.5) is 4.39 Å². The van der Waals surface area contributed by atoms with Crippen molar-refractivity contribution in [3.05, 3.63) is 89.1 Å². The maximum Gasteiger partial charge on any atom is 0.123 e. The first-order valence-corrected chi connectivity index (χ1v) is 11.4. The number of rotatable bonds is 5. The van der Waals surface area contributed by atoms with Gasteiger partial charge < -0.3 is 16.0 Å². The van der Waals surface area contributed by atoms with Gasteiger partial charge in [-0.15, -0.1) is 11.8 Å². The summed E-state index contributed by atoms with van der Waals surface area (Å²) in [6, 6.07) is 16.8. The van der Waals surface area contributed by atoms with Crippen molar-refractivity contribution in [3.8, 4) is 0 Å². The van der Waals surface area contributed by atoms with Crippen LogP contribution < -0.4 is 11.1 Å². The number of nitrogens with zero attached hydrogens (tertiary/aromatic N) is 2. The Morgan fingerprint density at radius 1 is 1.06 bits per heavy atom. The summed E-state index contributed by atoms with van der Waals surface area (Å²) in [5, 5.41) is 4.51. The van der Waals surface area contributed by atoms with Gasteiger partial charge in [-0.05, 0) is 65.6 Å². The molecule has 0 fully saturated rings. The molecule has 2 aromatic heterocycles. The summed E-state index contributed by atoms with van der Waals surface area (Å²) in [5.74, 6) is 1.86. The zero-order valence-electron chi connectivity index (χ0n) is 17.3. The number of aromatic nitrogens is 3. The SMILES string of the molecule is NCc1ccc(F)cc1CNCc1nc2ccccc2[nH]1.c1cnc2c(c1)CCCS2. The molecule has 31 heavy (non-hydrogen) atoms. The van der Waals surface area contributed by atoms with Crippen LogP contribution in [0.5, 0.6) is 0 Å². The normalized spacial score (nSPS) is 12.8. The van der Waals surface area contributed by atoms with E-state index < -0.39 is 0 Å². The predicted molar refractivity (Wildman–Crippen MR) is 124 cm³/mol. The number of nitrogens with two attached hydrogens (primary N) is 1. The van der Waals surface area contributed by atoms with Gasteiger partial charge >= 0.3 is 0 Å². The highest BCUT2D eigenvalue weighted by atomic mass is 32.2. The smallest absolute Gasteiger partial charge is 0.123 e. The first-order chi connectivity index (χ1) is 15.2. The van der Waals surface area contributed by atoms with Crippen LogP contribution in [0.25, 0.3) is 11.0 Å². The minimum absolute atomic E-state index is 0.243. The average molecular weight is 436 g/mol. The van der Waals surface area contributed by atoms with Crippen LogP contribution in [0.2, 0.25) is 0 Å². The number of para-hydroxylation sites is 2. The van der Waals surface area contributed by atoms with Gasteiger partial charge in [0.05, 0.1) is 22.6 Å². The van der Waals surface area contributed by atoms with E-state index >= 15 is 0 Å². The van der Waals surface area contributed by atoms with Gasteiger partial charge in [0, 0.05) is 19.3 Å². The van der Waals surface area contributed by atoms with Gasteiger partial charge in [-0.3, -0.25) is 0 Å². The van der Waals surface area contributed by atoms with Crippen LogP contribution in [0, 0.1) is 5.82 Å². The van der Waals surface area contributed by atoms with Crippen molar-refractivity contribution < 1.29 is 4.39 Å². The van der Waals surface area contributed by atoms with E-state index in [1.54, 1.807) is 6.07 Å². The fraction of sp³-hybridized carbons (Fsp3) is 0.250. The van der Waals surface area contributed by atoms with Crippen molar-refractivity contribution in [3.63, 3.8) is 0 Å². The number of hydrogen-bond donors (Lipinski definition) is 3. The summed E-state index contributed by atoms with van der Waals surface area (Å²) in [4.78, 5) is 12.0. The van der Waals surface area contributed by atoms with E-state index in [1.165, 1.54) is 41.3 Å². The molecule has 0 saturated heterocycles. The van der Waals surface area contributed by atoms with E-state index in [-0.39, 0.29) is 5.82 Å². The molecule has 0 atom stereocenters. The second-order valence-corrected chi connectivity index (χ2v) is 8.42. The van der Waals surface area contributed by atoms with Crippen molar-refractivity contribution in [2.75, 3.05) is 5.75 Å². The van der Waals surface area contributed by atoms with Gasteiger partial charge in [0.1, 0.15) is 11.6 Å². The van der Waals surface area contributed by atoms with Crippen molar-refractivity contribution >= 4 is 22.8 Å². The standard InChI is InChI=1S/C16H17FN4.C8H9NS/c17-13-6-5-11(8-18)12(7-13)9-19-10-16-20-14-3-1-2-4-15(14)21-16;1-3-7-4-2-6-10-8(7)9-5-1/h1-7,19H,8-10,18H2,(H,20,21);1,3,5H,2,4,6H2. The molecule has 4 aromatic rings. The molecular weight excluding hydrogens is 409 g/mol. The van der Waals surface area contributed by atoms with Gasteiger partial charge in [0.15, 0.2) is 0 Å². The van der Waals surface area contributed by atoms with Crippen molar-refractivity contribution in [2.45, 2.75) is 37.5 Å². The number of hydrogen-bond acceptors (Lipinski definition) is 5. The molecule has 4 N–H and O–H groups in total. The Morgan fingerprint density at radius 3 is 2.81 bits per heavy atom. The van der Waals surface area contributed by atoms with E-state index in [2.05, 4.69) is 26.3 Å². The zero-order valence-corrected chi connectivity index (χ0v) is 18.1. The maximum atomic E-state index is 13.3. The lowest BCUT2D eigenvalue weighted by atomic mass is 10.1. The Balaban J connectivity index is 0.000000192. The maximum absolute atomic E-state index is 13.3. The van der Waals surface area contributed by atoms with Gasteiger partial charge in [-0.1, -0.05) is 24.3 Å². The molecule has 5 rings (SSSR count). The molecule has 2 aromatic carbocycles. The third-order valence-electron chi connectivity index (χ3n) is 5.11. The Kier molecular flexibility index (Phi) is 7.30. The van der Waals surface area contributed by atoms with Crippen molar-refractivity contribution in [1.29, 1.82) is 0 Å². The predicted octanol–water partition coefficient (Wildman–Crippen LogP) is 4.57. The fourth-order valence-corrected chi connectivity index (χ4v) is 4.51. The number of halogens is 1. The molecule has 3 heterocycles. The summed E-state index contributed by atoms with van der Waals surface area (Å²) in [6.45, 7) is 1.55. The van der Waals surface area contributed by atoms with Gasteiger partial charge in [0.2, 0.25) is 0 Å². The number of thioether (sulfide) groups is 1. The van der Waals surface area contributed by atoms with Crippen LogP contribution in [-0.2, 0) is 26.1 Å². The van der Waals surface area contributed by atoms with E-state index in [0.717, 1.165) is 28.0 Å². The summed E-state index contributed by atoms with van der Waals surface area (Å²) >= 11 is 1.88. The Morgan fingerprint density at radius 2 is 1.97 bits per heavy atom. The van der Waals surface area contributed by atoms with Crippen molar-refractivity contribution in [1.82, 2.24) is 20.3 Å². The lowest BCUT2D eigenvalue weighted by Crippen LogP contribution is -2.16. The van der Waals surface area contributed by atoms with E-state index in [0.29, 0.717) is 19.6 Å². The number of H-pyrrole nitrogens is 1. The number of pyridine rings is 1. The topological polar surface area (TPSA) is 79.6 Å². The van der Waals surface area contributed by atoms with Gasteiger partial charge in [-0.25, -0.2) is 14.4 Å². The number of benzene rings is 2. The van der Waals surface area contributed by atoms with E-state index in [1.807, 2.05) is 48.3 Å².